The van der Waals surface area contributed by atoms with Crippen molar-refractivity contribution in [2.24, 2.45) is 0 Å². The van der Waals surface area contributed by atoms with E-state index in [1.165, 1.54) is 13.0 Å². The van der Waals surface area contributed by atoms with E-state index < -0.39 is 40.9 Å². The topological polar surface area (TPSA) is 42.0 Å². The van der Waals surface area contributed by atoms with E-state index in [-0.39, 0.29) is 5.56 Å². The number of amides is 1. The van der Waals surface area contributed by atoms with Crippen LogP contribution in [-0.4, -0.2) is 10.9 Å². The van der Waals surface area contributed by atoms with Gasteiger partial charge in [-0.25, -0.2) is 18.2 Å². The lowest BCUT2D eigenvalue weighted by Gasteiger charge is -2.16. The van der Waals surface area contributed by atoms with Gasteiger partial charge in [0.15, 0.2) is 5.82 Å². The molecule has 1 atom stereocenters. The Kier molecular flexibility index (Phi) is 4.21. The zero-order valence-corrected chi connectivity index (χ0v) is 10.8. The van der Waals surface area contributed by atoms with Gasteiger partial charge in [-0.1, -0.05) is 6.07 Å². The molecule has 1 aromatic heterocycles. The van der Waals surface area contributed by atoms with Gasteiger partial charge in [0.25, 0.3) is 5.91 Å². The van der Waals surface area contributed by atoms with E-state index in [2.05, 4.69) is 10.3 Å². The van der Waals surface area contributed by atoms with Gasteiger partial charge in [0.1, 0.15) is 11.6 Å². The van der Waals surface area contributed by atoms with Crippen molar-refractivity contribution in [3.8, 4) is 0 Å². The maximum Gasteiger partial charge on any atom is 0.254 e. The summed E-state index contributed by atoms with van der Waals surface area (Å²) in [6.45, 7) is 1.33. The molecule has 0 aliphatic carbocycles. The fourth-order valence-electron chi connectivity index (χ4n) is 1.86. The summed E-state index contributed by atoms with van der Waals surface area (Å²) in [7, 11) is 0. The molecular formula is C14H10F4N2O. The Morgan fingerprint density at radius 2 is 1.76 bits per heavy atom. The number of halogens is 4. The van der Waals surface area contributed by atoms with E-state index in [9.17, 15) is 22.4 Å². The number of hydrogen-bond acceptors (Lipinski definition) is 2. The molecule has 3 nitrogen and oxygen atoms in total. The van der Waals surface area contributed by atoms with Crippen molar-refractivity contribution in [1.29, 1.82) is 0 Å². The van der Waals surface area contributed by atoms with E-state index in [1.807, 2.05) is 0 Å². The quantitative estimate of drug-likeness (QED) is 0.699. The zero-order chi connectivity index (χ0) is 15.6. The predicted octanol–water partition coefficient (Wildman–Crippen LogP) is 3.13. The Morgan fingerprint density at radius 3 is 2.38 bits per heavy atom. The van der Waals surface area contributed by atoms with Crippen molar-refractivity contribution < 1.29 is 22.4 Å². The molecule has 0 aliphatic heterocycles. The van der Waals surface area contributed by atoms with E-state index in [0.717, 1.165) is 24.4 Å². The largest absolute Gasteiger partial charge is 0.345 e. The van der Waals surface area contributed by atoms with Crippen LogP contribution in [0.15, 0.2) is 30.5 Å². The standard InChI is InChI=1S/C14H10F4N2O/c1-7(11-9(15)3-2-4-10(11)16)20-14(21)8-5-6-19-13(18)12(8)17/h2-7H,1H3,(H,20,21). The zero-order valence-electron chi connectivity index (χ0n) is 10.8. The second-order valence-corrected chi connectivity index (χ2v) is 4.29. The maximum absolute atomic E-state index is 13.6. The number of nitrogens with one attached hydrogen (secondary N) is 1. The molecule has 1 heterocycles. The summed E-state index contributed by atoms with van der Waals surface area (Å²) < 4.78 is 53.5. The fourth-order valence-corrected chi connectivity index (χ4v) is 1.86. The van der Waals surface area contributed by atoms with Gasteiger partial charge in [-0.05, 0) is 25.1 Å². The molecule has 1 aromatic carbocycles. The molecule has 0 spiro atoms. The van der Waals surface area contributed by atoms with Gasteiger partial charge in [-0.3, -0.25) is 4.79 Å². The minimum Gasteiger partial charge on any atom is -0.345 e. The summed E-state index contributed by atoms with van der Waals surface area (Å²) in [5, 5.41) is 2.21. The third kappa shape index (κ3) is 3.01. The van der Waals surface area contributed by atoms with Gasteiger partial charge >= 0.3 is 0 Å². The summed E-state index contributed by atoms with van der Waals surface area (Å²) in [6, 6.07) is 3.16. The average Bonchev–Trinajstić information content (AvgIpc) is 2.41. The first kappa shape index (κ1) is 15.0. The van der Waals surface area contributed by atoms with Gasteiger partial charge in [-0.15, -0.1) is 0 Å². The lowest BCUT2D eigenvalue weighted by molar-refractivity contribution is 0.0933. The monoisotopic (exact) mass is 298 g/mol. The molecule has 7 heteroatoms. The number of hydrogen-bond donors (Lipinski definition) is 1. The third-order valence-corrected chi connectivity index (χ3v) is 2.87. The molecule has 0 fully saturated rings. The number of nitrogens with zero attached hydrogens (tertiary/aromatic N) is 1. The first-order valence-corrected chi connectivity index (χ1v) is 5.96. The second kappa shape index (κ2) is 5.90. The van der Waals surface area contributed by atoms with Gasteiger partial charge in [0, 0.05) is 11.8 Å². The molecule has 1 unspecified atom stereocenters. The molecule has 0 radical (unpaired) electrons. The second-order valence-electron chi connectivity index (χ2n) is 4.29. The molecule has 1 amide bonds. The highest BCUT2D eigenvalue weighted by Crippen LogP contribution is 2.21. The van der Waals surface area contributed by atoms with Crippen molar-refractivity contribution in [2.45, 2.75) is 13.0 Å². The van der Waals surface area contributed by atoms with Crippen LogP contribution in [0, 0.1) is 23.4 Å². The summed E-state index contributed by atoms with van der Waals surface area (Å²) in [5.41, 5.74) is -0.952. The van der Waals surface area contributed by atoms with E-state index in [4.69, 9.17) is 0 Å². The Morgan fingerprint density at radius 1 is 1.14 bits per heavy atom. The van der Waals surface area contributed by atoms with Crippen LogP contribution in [0.5, 0.6) is 0 Å². The van der Waals surface area contributed by atoms with Gasteiger partial charge in [-0.2, -0.15) is 4.39 Å². The molecule has 0 aliphatic rings. The van der Waals surface area contributed by atoms with Crippen LogP contribution in [0.3, 0.4) is 0 Å². The Hall–Kier alpha value is -2.44. The lowest BCUT2D eigenvalue weighted by atomic mass is 10.1. The van der Waals surface area contributed by atoms with Gasteiger partial charge in [0.05, 0.1) is 11.6 Å². The lowest BCUT2D eigenvalue weighted by Crippen LogP contribution is -2.29. The smallest absolute Gasteiger partial charge is 0.254 e. The van der Waals surface area contributed by atoms with Crippen LogP contribution in [0.1, 0.15) is 28.9 Å². The SMILES string of the molecule is CC(NC(=O)c1ccnc(F)c1F)c1c(F)cccc1F. The summed E-state index contributed by atoms with van der Waals surface area (Å²) in [4.78, 5) is 14.9. The van der Waals surface area contributed by atoms with Crippen LogP contribution in [0.4, 0.5) is 17.6 Å². The first-order chi connectivity index (χ1) is 9.91. The highest BCUT2D eigenvalue weighted by molar-refractivity contribution is 5.94. The molecular weight excluding hydrogens is 288 g/mol. The third-order valence-electron chi connectivity index (χ3n) is 2.87. The number of carbonyl (C=O) groups excluding carboxylic acids is 1. The first-order valence-electron chi connectivity index (χ1n) is 5.96. The number of rotatable bonds is 3. The number of pyridine rings is 1. The highest BCUT2D eigenvalue weighted by Gasteiger charge is 2.21. The van der Waals surface area contributed by atoms with Crippen LogP contribution in [-0.2, 0) is 0 Å². The van der Waals surface area contributed by atoms with E-state index in [1.54, 1.807) is 0 Å². The van der Waals surface area contributed by atoms with Crippen molar-refractivity contribution in [1.82, 2.24) is 10.3 Å². The van der Waals surface area contributed by atoms with Crippen LogP contribution in [0.2, 0.25) is 0 Å². The van der Waals surface area contributed by atoms with Crippen LogP contribution >= 0.6 is 0 Å². The van der Waals surface area contributed by atoms with Crippen molar-refractivity contribution >= 4 is 5.91 Å². The summed E-state index contributed by atoms with van der Waals surface area (Å²) >= 11 is 0. The van der Waals surface area contributed by atoms with E-state index >= 15 is 0 Å². The Labute approximate surface area is 117 Å². The normalized spacial score (nSPS) is 12.0. The molecule has 0 saturated heterocycles. The minimum atomic E-state index is -1.42. The molecule has 0 saturated carbocycles. The predicted molar refractivity (Wildman–Crippen MR) is 66.4 cm³/mol. The minimum absolute atomic E-state index is 0.360. The summed E-state index contributed by atoms with van der Waals surface area (Å²) in [6.07, 6.45) is 0.918. The molecule has 21 heavy (non-hydrogen) atoms. The maximum atomic E-state index is 13.6. The van der Waals surface area contributed by atoms with Gasteiger partial charge in [0.2, 0.25) is 5.95 Å². The van der Waals surface area contributed by atoms with Crippen LogP contribution in [0.25, 0.3) is 0 Å². The van der Waals surface area contributed by atoms with Crippen molar-refractivity contribution in [3.63, 3.8) is 0 Å². The van der Waals surface area contributed by atoms with Crippen molar-refractivity contribution in [2.75, 3.05) is 0 Å². The van der Waals surface area contributed by atoms with E-state index in [0.29, 0.717) is 0 Å². The average molecular weight is 298 g/mol. The highest BCUT2D eigenvalue weighted by atomic mass is 19.2. The summed E-state index contributed by atoms with van der Waals surface area (Å²) in [5.74, 6) is -5.53. The number of benzene rings is 1. The molecule has 2 aromatic rings. The van der Waals surface area contributed by atoms with Gasteiger partial charge < -0.3 is 5.32 Å². The molecule has 2 rings (SSSR count). The Bertz CT molecular complexity index is 670. The fraction of sp³-hybridized carbons (Fsp3) is 0.143. The number of aromatic nitrogens is 1. The van der Waals surface area contributed by atoms with Crippen LogP contribution < -0.4 is 5.32 Å². The molecule has 0 bridgehead atoms. The number of carbonyl (C=O) groups is 1. The molecule has 110 valence electrons. The molecule has 1 N–H and O–H groups in total. The Balaban J connectivity index is 2.25. The van der Waals surface area contributed by atoms with Crippen molar-refractivity contribution in [3.05, 3.63) is 65.0 Å².